The first-order valence-corrected chi connectivity index (χ1v) is 11.3. The van der Waals surface area contributed by atoms with E-state index in [1.165, 1.54) is 11.3 Å². The quantitative estimate of drug-likeness (QED) is 0.682. The lowest BCUT2D eigenvalue weighted by molar-refractivity contribution is -0.118. The second-order valence-electron chi connectivity index (χ2n) is 8.78. The van der Waals surface area contributed by atoms with Gasteiger partial charge in [-0.3, -0.25) is 14.9 Å². The number of rotatable bonds is 7. The van der Waals surface area contributed by atoms with E-state index in [2.05, 4.69) is 27.6 Å². The number of nitrogens with one attached hydrogen (secondary N) is 2. The highest BCUT2D eigenvalue weighted by Gasteiger charge is 2.32. The van der Waals surface area contributed by atoms with Crippen LogP contribution in [0.15, 0.2) is 23.6 Å². The minimum Gasteiger partial charge on any atom is -0.483 e. The summed E-state index contributed by atoms with van der Waals surface area (Å²) >= 11 is 1.21. The topological polar surface area (TPSA) is 92.8 Å². The molecule has 0 bridgehead atoms. The van der Waals surface area contributed by atoms with Gasteiger partial charge in [0.05, 0.1) is 0 Å². The van der Waals surface area contributed by atoms with Crippen molar-refractivity contribution in [3.8, 4) is 11.5 Å². The Morgan fingerprint density at radius 3 is 3.00 bits per heavy atom. The lowest BCUT2D eigenvalue weighted by atomic mass is 10.0. The Hall–Kier alpha value is -2.65. The van der Waals surface area contributed by atoms with Gasteiger partial charge in [-0.15, -0.1) is 11.3 Å². The van der Waals surface area contributed by atoms with E-state index in [1.807, 2.05) is 26.0 Å². The molecule has 0 radical (unpaired) electrons. The molecule has 4 rings (SSSR count). The monoisotopic (exact) mass is 444 g/mol. The Labute approximate surface area is 185 Å². The fraction of sp³-hybridized carbons (Fsp3) is 0.500. The zero-order valence-corrected chi connectivity index (χ0v) is 18.9. The molecular formula is C22H28N4O4S. The van der Waals surface area contributed by atoms with Crippen LogP contribution in [0.3, 0.4) is 0 Å². The zero-order valence-electron chi connectivity index (χ0n) is 18.1. The fourth-order valence-corrected chi connectivity index (χ4v) is 4.66. The van der Waals surface area contributed by atoms with Crippen molar-refractivity contribution in [2.75, 3.05) is 38.6 Å². The van der Waals surface area contributed by atoms with Crippen LogP contribution in [0.1, 0.15) is 36.3 Å². The standard InChI is InChI=1S/C22H28N4O4S/c1-22(2)9-15-5-4-6-17(19(15)30-22)29-12-18(27)25-21-24-16(13-31-21)20(28)23-10-14-7-8-26(3)11-14/h4-6,13-14H,7-12H2,1-3H3,(H,23,28)(H,24,25,27). The molecule has 2 aromatic rings. The number of amides is 2. The number of thiazole rings is 1. The third-order valence-electron chi connectivity index (χ3n) is 5.44. The summed E-state index contributed by atoms with van der Waals surface area (Å²) in [7, 11) is 2.08. The van der Waals surface area contributed by atoms with Crippen LogP contribution in [0.4, 0.5) is 5.13 Å². The van der Waals surface area contributed by atoms with Crippen molar-refractivity contribution in [3.05, 3.63) is 34.8 Å². The molecular weight excluding hydrogens is 416 g/mol. The summed E-state index contributed by atoms with van der Waals surface area (Å²) in [5.41, 5.74) is 1.10. The number of carbonyl (C=O) groups is 2. The summed E-state index contributed by atoms with van der Waals surface area (Å²) < 4.78 is 11.6. The van der Waals surface area contributed by atoms with E-state index < -0.39 is 0 Å². The van der Waals surface area contributed by atoms with Gasteiger partial charge in [0.15, 0.2) is 23.2 Å². The van der Waals surface area contributed by atoms with Crippen LogP contribution < -0.4 is 20.1 Å². The maximum atomic E-state index is 12.3. The van der Waals surface area contributed by atoms with Gasteiger partial charge in [-0.05, 0) is 45.8 Å². The third-order valence-corrected chi connectivity index (χ3v) is 6.19. The molecule has 166 valence electrons. The molecule has 2 amide bonds. The molecule has 2 aliphatic heterocycles. The van der Waals surface area contributed by atoms with Crippen LogP contribution in [0.5, 0.6) is 11.5 Å². The lowest BCUT2D eigenvalue weighted by Gasteiger charge is -2.18. The Morgan fingerprint density at radius 1 is 1.39 bits per heavy atom. The smallest absolute Gasteiger partial charge is 0.270 e. The molecule has 1 aromatic heterocycles. The first kappa shape index (κ1) is 21.6. The summed E-state index contributed by atoms with van der Waals surface area (Å²) in [5.74, 6) is 1.15. The Kier molecular flexibility index (Phi) is 6.15. The number of hydrogen-bond donors (Lipinski definition) is 2. The maximum absolute atomic E-state index is 12.3. The first-order valence-electron chi connectivity index (χ1n) is 10.4. The number of aromatic nitrogens is 1. The van der Waals surface area contributed by atoms with Gasteiger partial charge < -0.3 is 19.7 Å². The molecule has 0 aliphatic carbocycles. The van der Waals surface area contributed by atoms with E-state index in [0.717, 1.165) is 31.5 Å². The average Bonchev–Trinajstić information content (AvgIpc) is 3.42. The molecule has 2 aliphatic rings. The molecule has 2 N–H and O–H groups in total. The minimum atomic E-state index is -0.342. The minimum absolute atomic E-state index is 0.170. The molecule has 1 atom stereocenters. The Bertz CT molecular complexity index is 974. The normalized spacial score (nSPS) is 19.5. The summed E-state index contributed by atoms with van der Waals surface area (Å²) in [6.45, 7) is 6.56. The number of ether oxygens (including phenoxy) is 2. The number of likely N-dealkylation sites (tertiary alicyclic amines) is 1. The Balaban J connectivity index is 1.26. The second kappa shape index (κ2) is 8.84. The largest absolute Gasteiger partial charge is 0.483 e. The maximum Gasteiger partial charge on any atom is 0.270 e. The van der Waals surface area contributed by atoms with Gasteiger partial charge in [0.1, 0.15) is 11.3 Å². The van der Waals surface area contributed by atoms with Gasteiger partial charge in [-0.1, -0.05) is 12.1 Å². The van der Waals surface area contributed by atoms with E-state index in [4.69, 9.17) is 9.47 Å². The van der Waals surface area contributed by atoms with E-state index >= 15 is 0 Å². The highest BCUT2D eigenvalue weighted by atomic mass is 32.1. The summed E-state index contributed by atoms with van der Waals surface area (Å²) in [6, 6.07) is 5.69. The molecule has 1 unspecified atom stereocenters. The van der Waals surface area contributed by atoms with E-state index in [9.17, 15) is 9.59 Å². The van der Waals surface area contributed by atoms with E-state index in [-0.39, 0.29) is 24.0 Å². The average molecular weight is 445 g/mol. The van der Waals surface area contributed by atoms with Crippen molar-refractivity contribution < 1.29 is 19.1 Å². The van der Waals surface area contributed by atoms with Crippen LogP contribution >= 0.6 is 11.3 Å². The van der Waals surface area contributed by atoms with Crippen LogP contribution in [0.2, 0.25) is 0 Å². The van der Waals surface area contributed by atoms with Crippen LogP contribution in [0.25, 0.3) is 0 Å². The summed E-state index contributed by atoms with van der Waals surface area (Å²) in [4.78, 5) is 31.1. The number of para-hydroxylation sites is 1. The SMILES string of the molecule is CN1CCC(CNC(=O)c2csc(NC(=O)COc3cccc4c3OC(C)(C)C4)n2)C1. The highest BCUT2D eigenvalue weighted by Crippen LogP contribution is 2.41. The third kappa shape index (κ3) is 5.34. The predicted octanol–water partition coefficient (Wildman–Crippen LogP) is 2.56. The number of hydrogen-bond acceptors (Lipinski definition) is 7. The molecule has 1 aromatic carbocycles. The number of anilines is 1. The fourth-order valence-electron chi connectivity index (χ4n) is 3.96. The van der Waals surface area contributed by atoms with Gasteiger partial charge in [0.2, 0.25) is 0 Å². The number of nitrogens with zero attached hydrogens (tertiary/aromatic N) is 2. The molecule has 0 spiro atoms. The molecule has 0 saturated carbocycles. The van der Waals surface area contributed by atoms with Crippen molar-refractivity contribution in [1.82, 2.24) is 15.2 Å². The first-order chi connectivity index (χ1) is 14.8. The van der Waals surface area contributed by atoms with Gasteiger partial charge in [-0.2, -0.15) is 0 Å². The van der Waals surface area contributed by atoms with Crippen molar-refractivity contribution in [3.63, 3.8) is 0 Å². The number of benzene rings is 1. The Morgan fingerprint density at radius 2 is 2.23 bits per heavy atom. The van der Waals surface area contributed by atoms with Crippen molar-refractivity contribution in [1.29, 1.82) is 0 Å². The molecule has 3 heterocycles. The van der Waals surface area contributed by atoms with Crippen molar-refractivity contribution in [2.45, 2.75) is 32.3 Å². The van der Waals surface area contributed by atoms with Gasteiger partial charge >= 0.3 is 0 Å². The zero-order chi connectivity index (χ0) is 22.0. The van der Waals surface area contributed by atoms with Crippen LogP contribution in [-0.4, -0.2) is 60.6 Å². The van der Waals surface area contributed by atoms with Crippen LogP contribution in [-0.2, 0) is 11.2 Å². The molecule has 9 heteroatoms. The molecule has 31 heavy (non-hydrogen) atoms. The molecule has 1 saturated heterocycles. The molecule has 8 nitrogen and oxygen atoms in total. The lowest BCUT2D eigenvalue weighted by Crippen LogP contribution is -2.30. The van der Waals surface area contributed by atoms with Gasteiger partial charge in [0, 0.05) is 30.5 Å². The highest BCUT2D eigenvalue weighted by molar-refractivity contribution is 7.14. The van der Waals surface area contributed by atoms with Gasteiger partial charge in [0.25, 0.3) is 11.8 Å². The predicted molar refractivity (Wildman–Crippen MR) is 119 cm³/mol. The van der Waals surface area contributed by atoms with Gasteiger partial charge in [-0.25, -0.2) is 4.98 Å². The van der Waals surface area contributed by atoms with Crippen molar-refractivity contribution in [2.24, 2.45) is 5.92 Å². The molecule has 1 fully saturated rings. The summed E-state index contributed by atoms with van der Waals surface area (Å²) in [6.07, 6.45) is 1.88. The van der Waals surface area contributed by atoms with Crippen LogP contribution in [0, 0.1) is 5.92 Å². The number of carbonyl (C=O) groups excluding carboxylic acids is 2. The van der Waals surface area contributed by atoms with Crippen molar-refractivity contribution >= 4 is 28.3 Å². The van der Waals surface area contributed by atoms with E-state index in [0.29, 0.717) is 34.8 Å². The number of fused-ring (bicyclic) bond motifs is 1. The van der Waals surface area contributed by atoms with E-state index in [1.54, 1.807) is 11.4 Å². The summed E-state index contributed by atoms with van der Waals surface area (Å²) in [5, 5.41) is 7.64. The second-order valence-corrected chi connectivity index (χ2v) is 9.64.